The Balaban J connectivity index is 1.53. The lowest BCUT2D eigenvalue weighted by molar-refractivity contribution is -0.384. The fourth-order valence-electron chi connectivity index (χ4n) is 2.94. The maximum absolute atomic E-state index is 12.4. The molecule has 0 spiro atoms. The minimum atomic E-state index is -0.488. The van der Waals surface area contributed by atoms with Crippen LogP contribution in [0, 0.1) is 17.0 Å². The predicted octanol–water partition coefficient (Wildman–Crippen LogP) is 2.29. The normalized spacial score (nSPS) is 12.4. The fourth-order valence-corrected chi connectivity index (χ4v) is 2.94. The van der Waals surface area contributed by atoms with E-state index in [-0.39, 0.29) is 18.1 Å². The van der Waals surface area contributed by atoms with E-state index in [1.807, 2.05) is 31.2 Å². The third-order valence-electron chi connectivity index (χ3n) is 4.45. The number of non-ortho nitro benzene ring substituents is 1. The van der Waals surface area contributed by atoms with Gasteiger partial charge in [0.1, 0.15) is 0 Å². The van der Waals surface area contributed by atoms with Gasteiger partial charge in [0.15, 0.2) is 0 Å². The number of carbonyl (C=O) groups excluding carboxylic acids is 2. The lowest BCUT2D eigenvalue weighted by Crippen LogP contribution is -2.43. The number of carbonyl (C=O) groups is 2. The minimum absolute atomic E-state index is 0.0581. The molecule has 3 rings (SSSR count). The van der Waals surface area contributed by atoms with Crippen molar-refractivity contribution in [2.75, 3.05) is 18.0 Å². The van der Waals surface area contributed by atoms with E-state index in [2.05, 4.69) is 10.6 Å². The molecule has 2 aromatic carbocycles. The van der Waals surface area contributed by atoms with Crippen LogP contribution in [0.3, 0.4) is 0 Å². The fraction of sp³-hybridized carbons (Fsp3) is 0.263. The summed E-state index contributed by atoms with van der Waals surface area (Å²) in [4.78, 5) is 36.3. The van der Waals surface area contributed by atoms with Gasteiger partial charge in [0.2, 0.25) is 5.91 Å². The largest absolute Gasteiger partial charge is 0.334 e. The first-order valence-electron chi connectivity index (χ1n) is 8.59. The van der Waals surface area contributed by atoms with E-state index in [0.717, 1.165) is 16.7 Å². The summed E-state index contributed by atoms with van der Waals surface area (Å²) in [6, 6.07) is 11.8. The Labute approximate surface area is 156 Å². The first-order valence-corrected chi connectivity index (χ1v) is 8.59. The SMILES string of the molecule is Cc1ccc(CNC(=O)NCC(=O)N2CCc3ccc([N+](=O)[O-])cc32)cc1. The summed E-state index contributed by atoms with van der Waals surface area (Å²) in [5, 5.41) is 16.2. The van der Waals surface area contributed by atoms with Gasteiger partial charge in [0, 0.05) is 25.2 Å². The number of amides is 3. The van der Waals surface area contributed by atoms with Crippen LogP contribution in [0.4, 0.5) is 16.2 Å². The lowest BCUT2D eigenvalue weighted by atomic mass is 10.1. The van der Waals surface area contributed by atoms with E-state index in [9.17, 15) is 19.7 Å². The predicted molar refractivity (Wildman–Crippen MR) is 101 cm³/mol. The van der Waals surface area contributed by atoms with E-state index < -0.39 is 11.0 Å². The Kier molecular flexibility index (Phi) is 5.35. The standard InChI is InChI=1S/C19H20N4O4/c1-13-2-4-14(5-3-13)11-20-19(25)21-12-18(24)22-9-8-15-6-7-16(23(26)27)10-17(15)22/h2-7,10H,8-9,11-12H2,1H3,(H2,20,21,25). The van der Waals surface area contributed by atoms with Crippen LogP contribution in [0.15, 0.2) is 42.5 Å². The number of anilines is 1. The molecule has 8 heteroatoms. The zero-order valence-corrected chi connectivity index (χ0v) is 14.9. The van der Waals surface area contributed by atoms with Gasteiger partial charge in [0.05, 0.1) is 17.2 Å². The number of aryl methyl sites for hydroxylation is 1. The number of nitro groups is 1. The molecule has 27 heavy (non-hydrogen) atoms. The Morgan fingerprint density at radius 1 is 1.15 bits per heavy atom. The van der Waals surface area contributed by atoms with Gasteiger partial charge < -0.3 is 15.5 Å². The van der Waals surface area contributed by atoms with Gasteiger partial charge in [-0.25, -0.2) is 4.79 Å². The number of urea groups is 1. The van der Waals surface area contributed by atoms with Crippen molar-refractivity contribution in [3.63, 3.8) is 0 Å². The number of benzene rings is 2. The number of nitrogens with one attached hydrogen (secondary N) is 2. The highest BCUT2D eigenvalue weighted by molar-refractivity contribution is 5.98. The van der Waals surface area contributed by atoms with Crippen molar-refractivity contribution in [1.29, 1.82) is 0 Å². The van der Waals surface area contributed by atoms with Gasteiger partial charge in [-0.2, -0.15) is 0 Å². The van der Waals surface area contributed by atoms with Crippen LogP contribution >= 0.6 is 0 Å². The van der Waals surface area contributed by atoms with E-state index in [1.54, 1.807) is 6.07 Å². The van der Waals surface area contributed by atoms with Crippen molar-refractivity contribution in [2.45, 2.75) is 19.9 Å². The van der Waals surface area contributed by atoms with Crippen LogP contribution < -0.4 is 15.5 Å². The molecule has 0 saturated carbocycles. The number of fused-ring (bicyclic) bond motifs is 1. The van der Waals surface area contributed by atoms with Crippen molar-refractivity contribution in [3.05, 3.63) is 69.3 Å². The molecule has 1 aliphatic heterocycles. The number of hydrogen-bond acceptors (Lipinski definition) is 4. The van der Waals surface area contributed by atoms with Crippen LogP contribution in [0.1, 0.15) is 16.7 Å². The monoisotopic (exact) mass is 368 g/mol. The highest BCUT2D eigenvalue weighted by Crippen LogP contribution is 2.31. The lowest BCUT2D eigenvalue weighted by Gasteiger charge is -2.17. The molecule has 2 N–H and O–H groups in total. The van der Waals surface area contributed by atoms with Gasteiger partial charge in [-0.05, 0) is 24.5 Å². The van der Waals surface area contributed by atoms with Gasteiger partial charge in [-0.1, -0.05) is 35.9 Å². The Morgan fingerprint density at radius 2 is 1.89 bits per heavy atom. The molecule has 0 unspecified atom stereocenters. The van der Waals surface area contributed by atoms with E-state index in [4.69, 9.17) is 0 Å². The molecular weight excluding hydrogens is 348 g/mol. The Hall–Kier alpha value is -3.42. The van der Waals surface area contributed by atoms with Crippen molar-refractivity contribution < 1.29 is 14.5 Å². The number of rotatable bonds is 5. The van der Waals surface area contributed by atoms with E-state index in [0.29, 0.717) is 25.2 Å². The molecule has 0 fully saturated rings. The van der Waals surface area contributed by atoms with Gasteiger partial charge in [-0.15, -0.1) is 0 Å². The molecule has 2 aromatic rings. The quantitative estimate of drug-likeness (QED) is 0.624. The number of nitrogens with zero attached hydrogens (tertiary/aromatic N) is 2. The summed E-state index contributed by atoms with van der Waals surface area (Å²) in [7, 11) is 0. The molecule has 140 valence electrons. The van der Waals surface area contributed by atoms with Gasteiger partial charge >= 0.3 is 6.03 Å². The zero-order chi connectivity index (χ0) is 19.4. The van der Waals surface area contributed by atoms with Crippen molar-refractivity contribution in [3.8, 4) is 0 Å². The van der Waals surface area contributed by atoms with E-state index >= 15 is 0 Å². The van der Waals surface area contributed by atoms with Crippen LogP contribution in [0.25, 0.3) is 0 Å². The topological polar surface area (TPSA) is 105 Å². The third kappa shape index (κ3) is 4.41. The molecule has 0 bridgehead atoms. The van der Waals surface area contributed by atoms with Gasteiger partial charge in [-0.3, -0.25) is 14.9 Å². The summed E-state index contributed by atoms with van der Waals surface area (Å²) < 4.78 is 0. The Morgan fingerprint density at radius 3 is 2.59 bits per heavy atom. The summed E-state index contributed by atoms with van der Waals surface area (Å²) in [6.45, 7) is 2.61. The second-order valence-corrected chi connectivity index (χ2v) is 6.39. The highest BCUT2D eigenvalue weighted by atomic mass is 16.6. The molecule has 8 nitrogen and oxygen atoms in total. The summed E-state index contributed by atoms with van der Waals surface area (Å²) in [5.41, 5.74) is 3.47. The van der Waals surface area contributed by atoms with Crippen LogP contribution in [0.2, 0.25) is 0 Å². The second-order valence-electron chi connectivity index (χ2n) is 6.39. The molecule has 1 heterocycles. The van der Waals surface area contributed by atoms with Crippen LogP contribution in [-0.4, -0.2) is 30.0 Å². The molecule has 1 aliphatic rings. The average molecular weight is 368 g/mol. The third-order valence-corrected chi connectivity index (χ3v) is 4.45. The number of nitro benzene ring substituents is 1. The van der Waals surface area contributed by atoms with E-state index in [1.165, 1.54) is 17.0 Å². The molecule has 0 atom stereocenters. The highest BCUT2D eigenvalue weighted by Gasteiger charge is 2.26. The maximum Gasteiger partial charge on any atom is 0.315 e. The summed E-state index contributed by atoms with van der Waals surface area (Å²) in [5.74, 6) is -0.306. The zero-order valence-electron chi connectivity index (χ0n) is 14.9. The second kappa shape index (κ2) is 7.86. The Bertz CT molecular complexity index is 880. The van der Waals surface area contributed by atoms with Crippen molar-refractivity contribution >= 4 is 23.3 Å². The molecule has 0 radical (unpaired) electrons. The maximum atomic E-state index is 12.4. The summed E-state index contributed by atoms with van der Waals surface area (Å²) in [6.07, 6.45) is 0.638. The van der Waals surface area contributed by atoms with Crippen LogP contribution in [-0.2, 0) is 17.8 Å². The first-order chi connectivity index (χ1) is 12.9. The average Bonchev–Trinajstić information content (AvgIpc) is 3.09. The number of hydrogen-bond donors (Lipinski definition) is 2. The van der Waals surface area contributed by atoms with Crippen LogP contribution in [0.5, 0.6) is 0 Å². The molecule has 0 aliphatic carbocycles. The molecule has 0 aromatic heterocycles. The van der Waals surface area contributed by atoms with Gasteiger partial charge in [0.25, 0.3) is 5.69 Å². The molecular formula is C19H20N4O4. The molecule has 3 amide bonds. The summed E-state index contributed by atoms with van der Waals surface area (Å²) >= 11 is 0. The molecule has 0 saturated heterocycles. The smallest absolute Gasteiger partial charge is 0.315 e. The van der Waals surface area contributed by atoms with Crippen molar-refractivity contribution in [2.24, 2.45) is 0 Å². The van der Waals surface area contributed by atoms with Crippen molar-refractivity contribution in [1.82, 2.24) is 10.6 Å². The first kappa shape index (κ1) is 18.4. The minimum Gasteiger partial charge on any atom is -0.334 e.